The molecule has 0 aliphatic carbocycles. The zero-order valence-electron chi connectivity index (χ0n) is 10.6. The monoisotopic (exact) mass is 250 g/mol. The molecule has 1 saturated heterocycles. The summed E-state index contributed by atoms with van der Waals surface area (Å²) in [5.41, 5.74) is 1.17. The van der Waals surface area contributed by atoms with E-state index in [0.717, 1.165) is 31.5 Å². The van der Waals surface area contributed by atoms with Crippen LogP contribution in [0, 0.1) is 18.7 Å². The van der Waals surface area contributed by atoms with Crippen LogP contribution in [0.5, 0.6) is 0 Å². The molecule has 18 heavy (non-hydrogen) atoms. The lowest BCUT2D eigenvalue weighted by atomic mass is 9.98. The highest BCUT2D eigenvalue weighted by molar-refractivity contribution is 5.94. The first-order valence-electron chi connectivity index (χ1n) is 6.41. The number of carbonyl (C=O) groups is 1. The van der Waals surface area contributed by atoms with E-state index in [4.69, 9.17) is 0 Å². The van der Waals surface area contributed by atoms with Gasteiger partial charge in [-0.15, -0.1) is 0 Å². The Balaban J connectivity index is 1.90. The van der Waals surface area contributed by atoms with Gasteiger partial charge < -0.3 is 10.6 Å². The third-order valence-electron chi connectivity index (χ3n) is 3.31. The van der Waals surface area contributed by atoms with Crippen LogP contribution >= 0.6 is 0 Å². The maximum absolute atomic E-state index is 13.2. The Morgan fingerprint density at radius 3 is 2.78 bits per heavy atom. The number of carbonyl (C=O) groups excluding carboxylic acids is 1. The van der Waals surface area contributed by atoms with Gasteiger partial charge in [0.2, 0.25) is 0 Å². The van der Waals surface area contributed by atoms with Gasteiger partial charge in [0, 0.05) is 12.1 Å². The zero-order valence-corrected chi connectivity index (χ0v) is 10.6. The number of aryl methyl sites for hydroxylation is 1. The molecule has 4 heteroatoms. The molecule has 2 rings (SSSR count). The lowest BCUT2D eigenvalue weighted by Crippen LogP contribution is -2.36. The largest absolute Gasteiger partial charge is 0.352 e. The van der Waals surface area contributed by atoms with Crippen LogP contribution in [-0.2, 0) is 0 Å². The number of hydrogen-bond acceptors (Lipinski definition) is 2. The van der Waals surface area contributed by atoms with Gasteiger partial charge in [-0.25, -0.2) is 4.39 Å². The molecular formula is C14H19FN2O. The van der Waals surface area contributed by atoms with E-state index in [1.807, 2.05) is 0 Å². The van der Waals surface area contributed by atoms with Crippen molar-refractivity contribution in [2.24, 2.45) is 5.92 Å². The van der Waals surface area contributed by atoms with Crippen molar-refractivity contribution in [2.75, 3.05) is 19.6 Å². The smallest absolute Gasteiger partial charge is 0.251 e. The van der Waals surface area contributed by atoms with E-state index in [1.165, 1.54) is 12.1 Å². The molecule has 0 bridgehead atoms. The van der Waals surface area contributed by atoms with Crippen molar-refractivity contribution >= 4 is 5.91 Å². The molecule has 0 atom stereocenters. The van der Waals surface area contributed by atoms with Crippen LogP contribution < -0.4 is 10.6 Å². The van der Waals surface area contributed by atoms with Crippen molar-refractivity contribution in [1.29, 1.82) is 0 Å². The minimum atomic E-state index is -0.359. The number of nitrogens with one attached hydrogen (secondary N) is 2. The molecule has 0 saturated carbocycles. The highest BCUT2D eigenvalue weighted by Gasteiger charge is 2.14. The summed E-state index contributed by atoms with van der Waals surface area (Å²) >= 11 is 0. The summed E-state index contributed by atoms with van der Waals surface area (Å²) in [6.45, 7) is 4.49. The summed E-state index contributed by atoms with van der Waals surface area (Å²) in [6.07, 6.45) is 2.17. The average molecular weight is 250 g/mol. The molecule has 0 unspecified atom stereocenters. The molecular weight excluding hydrogens is 231 g/mol. The summed E-state index contributed by atoms with van der Waals surface area (Å²) in [5.74, 6) is -0.0111. The Labute approximate surface area is 107 Å². The highest BCUT2D eigenvalue weighted by Crippen LogP contribution is 2.11. The summed E-state index contributed by atoms with van der Waals surface area (Å²) in [4.78, 5) is 11.9. The summed E-state index contributed by atoms with van der Waals surface area (Å²) in [6, 6.07) is 4.41. The maximum atomic E-state index is 13.2. The fourth-order valence-electron chi connectivity index (χ4n) is 2.29. The van der Waals surface area contributed by atoms with Crippen LogP contribution in [-0.4, -0.2) is 25.5 Å². The fraction of sp³-hybridized carbons (Fsp3) is 0.500. The molecule has 0 spiro atoms. The molecule has 2 N–H and O–H groups in total. The second-order valence-corrected chi connectivity index (χ2v) is 4.92. The highest BCUT2D eigenvalue weighted by atomic mass is 19.1. The van der Waals surface area contributed by atoms with E-state index in [9.17, 15) is 9.18 Å². The number of benzene rings is 1. The lowest BCUT2D eigenvalue weighted by Gasteiger charge is -2.22. The predicted molar refractivity (Wildman–Crippen MR) is 69.1 cm³/mol. The standard InChI is InChI=1S/C14H19FN2O/c1-10-6-12(8-13(15)7-10)14(18)17-9-11-2-4-16-5-3-11/h6-8,11,16H,2-5,9H2,1H3,(H,17,18). The first-order valence-corrected chi connectivity index (χ1v) is 6.41. The normalized spacial score (nSPS) is 16.6. The van der Waals surface area contributed by atoms with E-state index < -0.39 is 0 Å². The van der Waals surface area contributed by atoms with Crippen molar-refractivity contribution in [3.05, 3.63) is 35.1 Å². The first-order chi connectivity index (χ1) is 8.65. The molecule has 1 aliphatic heterocycles. The number of piperidine rings is 1. The van der Waals surface area contributed by atoms with E-state index in [1.54, 1.807) is 13.0 Å². The summed E-state index contributed by atoms with van der Waals surface area (Å²) in [7, 11) is 0. The van der Waals surface area contributed by atoms with Crippen LogP contribution in [0.2, 0.25) is 0 Å². The van der Waals surface area contributed by atoms with Gasteiger partial charge in [0.1, 0.15) is 5.82 Å². The van der Waals surface area contributed by atoms with Gasteiger partial charge in [-0.1, -0.05) is 0 Å². The van der Waals surface area contributed by atoms with Gasteiger partial charge in [-0.3, -0.25) is 4.79 Å². The van der Waals surface area contributed by atoms with Gasteiger partial charge in [0.15, 0.2) is 0 Å². The zero-order chi connectivity index (χ0) is 13.0. The van der Waals surface area contributed by atoms with Crippen LogP contribution in [0.15, 0.2) is 18.2 Å². The molecule has 3 nitrogen and oxygen atoms in total. The minimum Gasteiger partial charge on any atom is -0.352 e. The SMILES string of the molecule is Cc1cc(F)cc(C(=O)NCC2CCNCC2)c1. The number of hydrogen-bond donors (Lipinski definition) is 2. The Bertz CT molecular complexity index is 408. The molecule has 1 aromatic carbocycles. The maximum Gasteiger partial charge on any atom is 0.251 e. The topological polar surface area (TPSA) is 41.1 Å². The van der Waals surface area contributed by atoms with Crippen molar-refractivity contribution in [3.8, 4) is 0 Å². The summed E-state index contributed by atoms with van der Waals surface area (Å²) < 4.78 is 13.2. The quantitative estimate of drug-likeness (QED) is 0.859. The van der Waals surface area contributed by atoms with Crippen molar-refractivity contribution in [2.45, 2.75) is 19.8 Å². The molecule has 98 valence electrons. The van der Waals surface area contributed by atoms with Crippen molar-refractivity contribution < 1.29 is 9.18 Å². The summed E-state index contributed by atoms with van der Waals surface area (Å²) in [5, 5.41) is 6.18. The second-order valence-electron chi connectivity index (χ2n) is 4.92. The molecule has 1 heterocycles. The number of rotatable bonds is 3. The second kappa shape index (κ2) is 5.96. The van der Waals surface area contributed by atoms with Crippen LogP contribution in [0.4, 0.5) is 4.39 Å². The van der Waals surface area contributed by atoms with Crippen molar-refractivity contribution in [3.63, 3.8) is 0 Å². The first kappa shape index (κ1) is 13.0. The van der Waals surface area contributed by atoms with Crippen molar-refractivity contribution in [1.82, 2.24) is 10.6 Å². The Hall–Kier alpha value is -1.42. The molecule has 0 radical (unpaired) electrons. The molecule has 1 fully saturated rings. The van der Waals surface area contributed by atoms with Gasteiger partial charge in [-0.2, -0.15) is 0 Å². The van der Waals surface area contributed by atoms with Gasteiger partial charge >= 0.3 is 0 Å². The van der Waals surface area contributed by atoms with E-state index in [2.05, 4.69) is 10.6 Å². The van der Waals surface area contributed by atoms with E-state index in [-0.39, 0.29) is 11.7 Å². The van der Waals surface area contributed by atoms with Gasteiger partial charge in [0.05, 0.1) is 0 Å². The van der Waals surface area contributed by atoms with Gasteiger partial charge in [0.25, 0.3) is 5.91 Å². The number of amides is 1. The van der Waals surface area contributed by atoms with Gasteiger partial charge in [-0.05, 0) is 62.5 Å². The van der Waals surface area contributed by atoms with E-state index >= 15 is 0 Å². The third kappa shape index (κ3) is 3.53. The van der Waals surface area contributed by atoms with Crippen LogP contribution in [0.3, 0.4) is 0 Å². The Morgan fingerprint density at radius 2 is 2.11 bits per heavy atom. The Kier molecular flexibility index (Phi) is 4.31. The Morgan fingerprint density at radius 1 is 1.39 bits per heavy atom. The number of halogens is 1. The molecule has 1 aromatic rings. The van der Waals surface area contributed by atoms with E-state index in [0.29, 0.717) is 18.0 Å². The molecule has 1 aliphatic rings. The predicted octanol–water partition coefficient (Wildman–Crippen LogP) is 1.86. The van der Waals surface area contributed by atoms with Crippen LogP contribution in [0.1, 0.15) is 28.8 Å². The average Bonchev–Trinajstić information content (AvgIpc) is 2.36. The molecule has 1 amide bonds. The lowest BCUT2D eigenvalue weighted by molar-refractivity contribution is 0.0943. The molecule has 0 aromatic heterocycles. The third-order valence-corrected chi connectivity index (χ3v) is 3.31. The van der Waals surface area contributed by atoms with Crippen LogP contribution in [0.25, 0.3) is 0 Å². The fourth-order valence-corrected chi connectivity index (χ4v) is 2.29. The minimum absolute atomic E-state index is 0.184.